The second-order valence-electron chi connectivity index (χ2n) is 12.5. The second-order valence-corrected chi connectivity index (χ2v) is 12.5. The summed E-state index contributed by atoms with van der Waals surface area (Å²) in [7, 11) is 0. The van der Waals surface area contributed by atoms with Crippen LogP contribution in [0.3, 0.4) is 0 Å². The molecule has 0 aromatic heterocycles. The van der Waals surface area contributed by atoms with E-state index in [0.29, 0.717) is 11.8 Å². The topological polar surface area (TPSA) is 15.3 Å². The molecule has 2 nitrogen and oxygen atoms in total. The van der Waals surface area contributed by atoms with Crippen LogP contribution < -0.4 is 10.2 Å². The van der Waals surface area contributed by atoms with Crippen molar-refractivity contribution in [2.75, 3.05) is 4.90 Å². The lowest BCUT2D eigenvalue weighted by Crippen LogP contribution is -2.32. The van der Waals surface area contributed by atoms with E-state index in [0.717, 1.165) is 6.42 Å². The monoisotopic (exact) mass is 524 g/mol. The molecule has 0 amide bonds. The third-order valence-electron chi connectivity index (χ3n) is 7.13. The zero-order valence-corrected chi connectivity index (χ0v) is 26.4. The van der Waals surface area contributed by atoms with Crippen LogP contribution in [0.5, 0.6) is 0 Å². The van der Waals surface area contributed by atoms with E-state index >= 15 is 0 Å². The Morgan fingerprint density at radius 1 is 0.795 bits per heavy atom. The minimum absolute atomic E-state index is 0.118. The van der Waals surface area contributed by atoms with E-state index in [-0.39, 0.29) is 11.6 Å². The van der Waals surface area contributed by atoms with Gasteiger partial charge in [-0.15, -0.1) is 0 Å². The first-order valence-electron chi connectivity index (χ1n) is 15.2. The maximum Gasteiger partial charge on any atom is 0.130 e. The molecule has 0 saturated heterocycles. The van der Waals surface area contributed by atoms with Gasteiger partial charge >= 0.3 is 0 Å². The van der Waals surface area contributed by atoms with Crippen molar-refractivity contribution < 1.29 is 0 Å². The van der Waals surface area contributed by atoms with Gasteiger partial charge in [-0.2, -0.15) is 0 Å². The molecule has 2 heterocycles. The van der Waals surface area contributed by atoms with Crippen LogP contribution >= 0.6 is 0 Å². The number of nitrogens with one attached hydrogen (secondary N) is 1. The minimum Gasteiger partial charge on any atom is -0.365 e. The number of hydrogen-bond acceptors (Lipinski definition) is 2. The number of anilines is 1. The average Bonchev–Trinajstić information content (AvgIpc) is 3.34. The lowest BCUT2D eigenvalue weighted by Gasteiger charge is -2.38. The summed E-state index contributed by atoms with van der Waals surface area (Å²) in [4.78, 5) is 2.55. The van der Waals surface area contributed by atoms with Gasteiger partial charge in [0.05, 0.1) is 11.4 Å². The fourth-order valence-electron chi connectivity index (χ4n) is 5.69. The SMILES string of the molecule is CC.CC(C)c1cccc(C(C)C)c1C1=CNC2c3ccccc3-c3cc(CC(C)(C)C)ccc3N12.CCC. The lowest BCUT2D eigenvalue weighted by molar-refractivity contribution is 0.411. The van der Waals surface area contributed by atoms with Crippen molar-refractivity contribution in [3.8, 4) is 11.1 Å². The number of benzene rings is 3. The fraction of sp³-hybridized carbons (Fsp3) is 0.459. The van der Waals surface area contributed by atoms with Gasteiger partial charge in [-0.3, -0.25) is 0 Å². The average molecular weight is 525 g/mol. The van der Waals surface area contributed by atoms with Crippen molar-refractivity contribution >= 4 is 11.4 Å². The number of hydrogen-bond donors (Lipinski definition) is 1. The smallest absolute Gasteiger partial charge is 0.130 e. The van der Waals surface area contributed by atoms with E-state index in [2.05, 4.69) is 139 Å². The zero-order valence-electron chi connectivity index (χ0n) is 26.4. The fourth-order valence-corrected chi connectivity index (χ4v) is 5.69. The summed E-state index contributed by atoms with van der Waals surface area (Å²) in [6.07, 6.45) is 4.69. The molecular formula is C37H52N2. The molecule has 2 heteroatoms. The van der Waals surface area contributed by atoms with Gasteiger partial charge in [-0.25, -0.2) is 0 Å². The summed E-state index contributed by atoms with van der Waals surface area (Å²) in [5.41, 5.74) is 12.5. The summed E-state index contributed by atoms with van der Waals surface area (Å²) in [5.74, 6) is 0.915. The van der Waals surface area contributed by atoms with Crippen LogP contribution in [0.25, 0.3) is 16.8 Å². The molecule has 3 aromatic rings. The summed E-state index contributed by atoms with van der Waals surface area (Å²) in [6.45, 7) is 24.4. The molecule has 210 valence electrons. The highest BCUT2D eigenvalue weighted by atomic mass is 15.3. The summed E-state index contributed by atoms with van der Waals surface area (Å²) < 4.78 is 0. The van der Waals surface area contributed by atoms with E-state index in [1.54, 1.807) is 0 Å². The first-order chi connectivity index (χ1) is 18.6. The molecule has 0 spiro atoms. The van der Waals surface area contributed by atoms with Gasteiger partial charge < -0.3 is 10.2 Å². The van der Waals surface area contributed by atoms with Gasteiger partial charge in [0.15, 0.2) is 0 Å². The van der Waals surface area contributed by atoms with Gasteiger partial charge in [0.1, 0.15) is 6.17 Å². The maximum absolute atomic E-state index is 3.75. The van der Waals surface area contributed by atoms with Crippen molar-refractivity contribution in [1.29, 1.82) is 0 Å². The molecule has 0 radical (unpaired) electrons. The molecule has 0 fully saturated rings. The molecule has 5 rings (SSSR count). The molecule has 2 aliphatic rings. The maximum atomic E-state index is 3.75. The van der Waals surface area contributed by atoms with Gasteiger partial charge in [0, 0.05) is 22.9 Å². The Kier molecular flexibility index (Phi) is 10.1. The quantitative estimate of drug-likeness (QED) is 0.365. The van der Waals surface area contributed by atoms with Gasteiger partial charge in [0.25, 0.3) is 0 Å². The first kappa shape index (κ1) is 30.5. The van der Waals surface area contributed by atoms with Crippen LogP contribution in [-0.2, 0) is 6.42 Å². The molecule has 1 N–H and O–H groups in total. The normalized spacial score (nSPS) is 15.3. The Morgan fingerprint density at radius 2 is 1.38 bits per heavy atom. The van der Waals surface area contributed by atoms with Crippen molar-refractivity contribution in [1.82, 2.24) is 5.32 Å². The van der Waals surface area contributed by atoms with Crippen molar-refractivity contribution in [2.24, 2.45) is 5.41 Å². The molecule has 0 aliphatic carbocycles. The molecule has 1 atom stereocenters. The highest BCUT2D eigenvalue weighted by Crippen LogP contribution is 2.51. The molecule has 3 aromatic carbocycles. The number of fused-ring (bicyclic) bond motifs is 6. The summed E-state index contributed by atoms with van der Waals surface area (Å²) >= 11 is 0. The molecule has 1 unspecified atom stereocenters. The first-order valence-corrected chi connectivity index (χ1v) is 15.2. The standard InChI is InChI=1S/C32H38N2.C3H8.C2H6/c1-20(2)23-13-10-14-24(21(3)4)30(23)29-19-33-31-26-12-9-8-11-25(26)27-17-22(18-32(5,6)7)15-16-28(27)34(29)31;1-3-2;1-2/h8-17,19-21,31,33H,18H2,1-7H3;3H2,1-2H3;1-2H3. The van der Waals surface area contributed by atoms with E-state index in [1.165, 1.54) is 56.7 Å². The van der Waals surface area contributed by atoms with Crippen LogP contribution in [0.15, 0.2) is 66.9 Å². The Bertz CT molecular complexity index is 1250. The van der Waals surface area contributed by atoms with Crippen LogP contribution in [0.2, 0.25) is 0 Å². The molecule has 39 heavy (non-hydrogen) atoms. The van der Waals surface area contributed by atoms with E-state index in [9.17, 15) is 0 Å². The largest absolute Gasteiger partial charge is 0.365 e. The van der Waals surface area contributed by atoms with Crippen molar-refractivity contribution in [3.05, 3.63) is 94.7 Å². The third kappa shape index (κ3) is 6.43. The van der Waals surface area contributed by atoms with E-state index in [4.69, 9.17) is 0 Å². The molecule has 0 saturated carbocycles. The molecule has 2 aliphatic heterocycles. The Labute approximate surface area is 239 Å². The zero-order chi connectivity index (χ0) is 28.9. The minimum atomic E-state index is 0.118. The molecular weight excluding hydrogens is 472 g/mol. The van der Waals surface area contributed by atoms with Crippen molar-refractivity contribution in [3.63, 3.8) is 0 Å². The number of rotatable bonds is 4. The lowest BCUT2D eigenvalue weighted by atomic mass is 9.84. The van der Waals surface area contributed by atoms with Gasteiger partial charge in [-0.05, 0) is 58.1 Å². The predicted molar refractivity (Wildman–Crippen MR) is 173 cm³/mol. The van der Waals surface area contributed by atoms with Crippen LogP contribution in [0.1, 0.15) is 128 Å². The van der Waals surface area contributed by atoms with Crippen LogP contribution in [-0.4, -0.2) is 0 Å². The summed E-state index contributed by atoms with van der Waals surface area (Å²) in [5, 5.41) is 3.75. The highest BCUT2D eigenvalue weighted by molar-refractivity contribution is 5.95. The highest BCUT2D eigenvalue weighted by Gasteiger charge is 2.38. The van der Waals surface area contributed by atoms with E-state index in [1.807, 2.05) is 13.8 Å². The Balaban J connectivity index is 0.000000787. The van der Waals surface area contributed by atoms with E-state index < -0.39 is 0 Å². The van der Waals surface area contributed by atoms with Crippen LogP contribution in [0.4, 0.5) is 5.69 Å². The predicted octanol–water partition coefficient (Wildman–Crippen LogP) is 11.1. The number of nitrogens with zero attached hydrogens (tertiary/aromatic N) is 1. The van der Waals surface area contributed by atoms with Gasteiger partial charge in [0.2, 0.25) is 0 Å². The Hall–Kier alpha value is -3.00. The molecule has 0 bridgehead atoms. The summed E-state index contributed by atoms with van der Waals surface area (Å²) in [6, 6.07) is 22.9. The van der Waals surface area contributed by atoms with Crippen LogP contribution in [0, 0.1) is 5.41 Å². The Morgan fingerprint density at radius 3 is 1.95 bits per heavy atom. The van der Waals surface area contributed by atoms with Crippen molar-refractivity contribution in [2.45, 2.75) is 107 Å². The third-order valence-corrected chi connectivity index (χ3v) is 7.13. The van der Waals surface area contributed by atoms with Gasteiger partial charge in [-0.1, -0.05) is 131 Å². The second kappa shape index (κ2) is 12.9.